The molecule has 1 unspecified atom stereocenters. The topological polar surface area (TPSA) is 64.7 Å². The van der Waals surface area contributed by atoms with E-state index in [0.717, 1.165) is 13.1 Å². The number of hydrogen-bond acceptors (Lipinski definition) is 4. The fourth-order valence-electron chi connectivity index (χ4n) is 2.90. The fourth-order valence-corrected chi connectivity index (χ4v) is 2.90. The summed E-state index contributed by atoms with van der Waals surface area (Å²) in [6.45, 7) is 9.81. The first kappa shape index (κ1) is 20.3. The summed E-state index contributed by atoms with van der Waals surface area (Å²) in [5, 5.41) is 5.07. The van der Waals surface area contributed by atoms with E-state index in [0.29, 0.717) is 37.7 Å². The average Bonchev–Trinajstić information content (AvgIpc) is 2.62. The summed E-state index contributed by atoms with van der Waals surface area (Å²) in [7, 11) is 0. The molecule has 0 spiro atoms. The van der Waals surface area contributed by atoms with E-state index in [1.807, 2.05) is 24.8 Å². The van der Waals surface area contributed by atoms with Crippen LogP contribution in [0.2, 0.25) is 0 Å². The highest BCUT2D eigenvalue weighted by atomic mass is 19.1. The standard InChI is InChI=1S/C19H29FN4O2/c1-14(2)12-21-19(26)22-18(25)15(3)24-10-8-23(9-11-24)13-16-6-4-5-7-17(16)20/h4-7,14-15H,8-13H2,1-3H3,(H2,21,22,25,26). The van der Waals surface area contributed by atoms with E-state index in [-0.39, 0.29) is 17.8 Å². The van der Waals surface area contributed by atoms with Crippen LogP contribution in [0.25, 0.3) is 0 Å². The highest BCUT2D eigenvalue weighted by molar-refractivity contribution is 5.96. The van der Waals surface area contributed by atoms with Crippen molar-refractivity contribution >= 4 is 11.9 Å². The molecule has 2 rings (SSSR count). The van der Waals surface area contributed by atoms with Crippen molar-refractivity contribution in [2.24, 2.45) is 5.92 Å². The van der Waals surface area contributed by atoms with Crippen molar-refractivity contribution in [3.05, 3.63) is 35.6 Å². The zero-order valence-electron chi connectivity index (χ0n) is 15.8. The van der Waals surface area contributed by atoms with Crippen LogP contribution in [0, 0.1) is 11.7 Å². The van der Waals surface area contributed by atoms with E-state index in [1.54, 1.807) is 19.1 Å². The molecular weight excluding hydrogens is 335 g/mol. The number of carbonyl (C=O) groups excluding carboxylic acids is 2. The summed E-state index contributed by atoms with van der Waals surface area (Å²) >= 11 is 0. The molecule has 0 aromatic heterocycles. The molecule has 0 radical (unpaired) electrons. The maximum Gasteiger partial charge on any atom is 0.321 e. The number of nitrogens with zero attached hydrogens (tertiary/aromatic N) is 2. The van der Waals surface area contributed by atoms with Crippen LogP contribution in [0.1, 0.15) is 26.3 Å². The van der Waals surface area contributed by atoms with E-state index < -0.39 is 6.03 Å². The molecule has 1 heterocycles. The fraction of sp³-hybridized carbons (Fsp3) is 0.579. The Balaban J connectivity index is 1.76. The summed E-state index contributed by atoms with van der Waals surface area (Å²) in [5.74, 6) is -0.153. The lowest BCUT2D eigenvalue weighted by atomic mass is 10.1. The molecule has 1 atom stereocenters. The zero-order valence-corrected chi connectivity index (χ0v) is 15.8. The van der Waals surface area contributed by atoms with Gasteiger partial charge in [0, 0.05) is 44.8 Å². The van der Waals surface area contributed by atoms with Crippen molar-refractivity contribution in [3.63, 3.8) is 0 Å². The van der Waals surface area contributed by atoms with Gasteiger partial charge in [0.05, 0.1) is 6.04 Å². The minimum Gasteiger partial charge on any atom is -0.338 e. The zero-order chi connectivity index (χ0) is 19.1. The number of halogens is 1. The third kappa shape index (κ3) is 6.07. The van der Waals surface area contributed by atoms with Crippen LogP contribution >= 0.6 is 0 Å². The number of piperazine rings is 1. The Labute approximate surface area is 154 Å². The number of nitrogens with one attached hydrogen (secondary N) is 2. The van der Waals surface area contributed by atoms with Gasteiger partial charge in [-0.25, -0.2) is 9.18 Å². The van der Waals surface area contributed by atoms with Gasteiger partial charge in [0.1, 0.15) is 5.82 Å². The van der Waals surface area contributed by atoms with Crippen molar-refractivity contribution in [1.29, 1.82) is 0 Å². The van der Waals surface area contributed by atoms with Crippen molar-refractivity contribution in [3.8, 4) is 0 Å². The van der Waals surface area contributed by atoms with Gasteiger partial charge in [-0.15, -0.1) is 0 Å². The Morgan fingerprint density at radius 2 is 1.77 bits per heavy atom. The quantitative estimate of drug-likeness (QED) is 0.808. The second-order valence-corrected chi connectivity index (χ2v) is 7.17. The first-order valence-corrected chi connectivity index (χ1v) is 9.15. The number of urea groups is 1. The lowest BCUT2D eigenvalue weighted by Gasteiger charge is -2.37. The number of imide groups is 1. The van der Waals surface area contributed by atoms with Crippen LogP contribution in [0.5, 0.6) is 0 Å². The van der Waals surface area contributed by atoms with Gasteiger partial charge in [-0.1, -0.05) is 32.0 Å². The first-order valence-electron chi connectivity index (χ1n) is 9.15. The molecular formula is C19H29FN4O2. The third-order valence-corrected chi connectivity index (χ3v) is 4.59. The minimum atomic E-state index is -0.450. The van der Waals surface area contributed by atoms with Crippen molar-refractivity contribution in [1.82, 2.24) is 20.4 Å². The van der Waals surface area contributed by atoms with Gasteiger partial charge < -0.3 is 5.32 Å². The van der Waals surface area contributed by atoms with E-state index in [1.165, 1.54) is 6.07 Å². The Hall–Kier alpha value is -1.99. The van der Waals surface area contributed by atoms with E-state index in [4.69, 9.17) is 0 Å². The average molecular weight is 364 g/mol. The van der Waals surface area contributed by atoms with Crippen LogP contribution < -0.4 is 10.6 Å². The second kappa shape index (κ2) is 9.64. The Morgan fingerprint density at radius 1 is 1.12 bits per heavy atom. The molecule has 0 aliphatic carbocycles. The van der Waals surface area contributed by atoms with Crippen LogP contribution in [0.4, 0.5) is 9.18 Å². The highest BCUT2D eigenvalue weighted by Gasteiger charge is 2.26. The number of amides is 3. The van der Waals surface area contributed by atoms with E-state index in [2.05, 4.69) is 15.5 Å². The van der Waals surface area contributed by atoms with Gasteiger partial charge in [-0.05, 0) is 18.9 Å². The Bertz CT molecular complexity index is 615. The third-order valence-electron chi connectivity index (χ3n) is 4.59. The van der Waals surface area contributed by atoms with Gasteiger partial charge in [0.25, 0.3) is 0 Å². The minimum absolute atomic E-state index is 0.185. The summed E-state index contributed by atoms with van der Waals surface area (Å²) in [6, 6.07) is 5.97. The first-order chi connectivity index (χ1) is 12.4. The molecule has 1 saturated heterocycles. The molecule has 1 aromatic rings. The van der Waals surface area contributed by atoms with Gasteiger partial charge in [0.15, 0.2) is 0 Å². The lowest BCUT2D eigenvalue weighted by molar-refractivity contribution is -0.125. The molecule has 2 N–H and O–H groups in total. The van der Waals surface area contributed by atoms with Crippen LogP contribution in [0.3, 0.4) is 0 Å². The molecule has 1 aliphatic rings. The van der Waals surface area contributed by atoms with Gasteiger partial charge in [-0.2, -0.15) is 0 Å². The number of hydrogen-bond donors (Lipinski definition) is 2. The normalized spacial score (nSPS) is 17.1. The molecule has 3 amide bonds. The van der Waals surface area contributed by atoms with Crippen LogP contribution in [-0.2, 0) is 11.3 Å². The smallest absolute Gasteiger partial charge is 0.321 e. The molecule has 1 aromatic carbocycles. The molecule has 1 aliphatic heterocycles. The van der Waals surface area contributed by atoms with Crippen molar-refractivity contribution in [2.75, 3.05) is 32.7 Å². The summed E-state index contributed by atoms with van der Waals surface area (Å²) in [5.41, 5.74) is 0.688. The van der Waals surface area contributed by atoms with Gasteiger partial charge in [0.2, 0.25) is 5.91 Å². The van der Waals surface area contributed by atoms with Crippen molar-refractivity contribution < 1.29 is 14.0 Å². The molecule has 1 fully saturated rings. The number of rotatable bonds is 6. The van der Waals surface area contributed by atoms with Crippen LogP contribution in [0.15, 0.2) is 24.3 Å². The predicted molar refractivity (Wildman–Crippen MR) is 99.1 cm³/mol. The van der Waals surface area contributed by atoms with E-state index >= 15 is 0 Å². The maximum absolute atomic E-state index is 13.8. The maximum atomic E-state index is 13.8. The predicted octanol–water partition coefficient (Wildman–Crippen LogP) is 1.81. The second-order valence-electron chi connectivity index (χ2n) is 7.17. The lowest BCUT2D eigenvalue weighted by Crippen LogP contribution is -2.55. The van der Waals surface area contributed by atoms with Crippen molar-refractivity contribution in [2.45, 2.75) is 33.4 Å². The van der Waals surface area contributed by atoms with Gasteiger partial charge in [-0.3, -0.25) is 19.9 Å². The SMILES string of the molecule is CC(C)CNC(=O)NC(=O)C(C)N1CCN(Cc2ccccc2F)CC1. The molecule has 7 heteroatoms. The Kier molecular flexibility index (Phi) is 7.53. The van der Waals surface area contributed by atoms with Gasteiger partial charge >= 0.3 is 6.03 Å². The highest BCUT2D eigenvalue weighted by Crippen LogP contribution is 2.13. The summed E-state index contributed by atoms with van der Waals surface area (Å²) < 4.78 is 13.8. The molecule has 144 valence electrons. The molecule has 6 nitrogen and oxygen atoms in total. The summed E-state index contributed by atoms with van der Waals surface area (Å²) in [4.78, 5) is 28.2. The monoisotopic (exact) mass is 364 g/mol. The largest absolute Gasteiger partial charge is 0.338 e. The van der Waals surface area contributed by atoms with Crippen LogP contribution in [-0.4, -0.2) is 60.5 Å². The number of carbonyl (C=O) groups is 2. The molecule has 26 heavy (non-hydrogen) atoms. The van der Waals surface area contributed by atoms with E-state index in [9.17, 15) is 14.0 Å². The molecule has 0 bridgehead atoms. The Morgan fingerprint density at radius 3 is 2.38 bits per heavy atom. The summed E-state index contributed by atoms with van der Waals surface area (Å²) in [6.07, 6.45) is 0. The number of benzene rings is 1. The molecule has 0 saturated carbocycles.